The Kier molecular flexibility index (Phi) is 8.37. The van der Waals surface area contributed by atoms with Crippen LogP contribution in [0, 0.1) is 0 Å². The summed E-state index contributed by atoms with van der Waals surface area (Å²) >= 11 is 0. The van der Waals surface area contributed by atoms with E-state index in [1.54, 1.807) is 0 Å². The van der Waals surface area contributed by atoms with Crippen LogP contribution in [0.5, 0.6) is 0 Å². The van der Waals surface area contributed by atoms with E-state index in [0.717, 1.165) is 34.6 Å². The Labute approximate surface area is 167 Å². The van der Waals surface area contributed by atoms with Crippen molar-refractivity contribution in [2.45, 2.75) is 64.4 Å². The molecule has 11 nitrogen and oxygen atoms in total. The van der Waals surface area contributed by atoms with Crippen LogP contribution in [0.25, 0.3) is 0 Å². The zero-order chi connectivity index (χ0) is 22.5. The van der Waals surface area contributed by atoms with Gasteiger partial charge in [0.05, 0.1) is 5.66 Å². The van der Waals surface area contributed by atoms with Crippen LogP contribution < -0.4 is 0 Å². The third-order valence-corrected chi connectivity index (χ3v) is 7.29. The number of esters is 5. The van der Waals surface area contributed by atoms with Crippen LogP contribution >= 0.6 is 7.14 Å². The highest BCUT2D eigenvalue weighted by Crippen LogP contribution is 2.60. The monoisotopic (exact) mass is 436 g/mol. The van der Waals surface area contributed by atoms with Crippen molar-refractivity contribution in [1.29, 1.82) is 0 Å². The molecule has 29 heavy (non-hydrogen) atoms. The van der Waals surface area contributed by atoms with Gasteiger partial charge in [-0.2, -0.15) is 0 Å². The zero-order valence-corrected chi connectivity index (χ0v) is 17.9. The highest BCUT2D eigenvalue weighted by Gasteiger charge is 2.61. The van der Waals surface area contributed by atoms with Gasteiger partial charge >= 0.3 is 29.8 Å². The average molecular weight is 436 g/mol. The fraction of sp³-hybridized carbons (Fsp3) is 0.706. The van der Waals surface area contributed by atoms with Crippen molar-refractivity contribution in [3.05, 3.63) is 0 Å². The molecule has 164 valence electrons. The minimum absolute atomic E-state index is 0.469. The quantitative estimate of drug-likeness (QED) is 0.327. The van der Waals surface area contributed by atoms with Gasteiger partial charge in [-0.1, -0.05) is 0 Å². The van der Waals surface area contributed by atoms with Crippen LogP contribution in [-0.4, -0.2) is 72.9 Å². The standard InChI is InChI=1S/C17H25O11P/c1-8(18)24-7-13-14(25-9(2)19)15(26-10(3)20)16(27-11(4)21)17(28-12(5)22)29(13,6)23/h13-17H,7H2,1-6H3/t13-,14+,15-,16-,17-,29+/m0/s1. The van der Waals surface area contributed by atoms with E-state index in [0.29, 0.717) is 0 Å². The summed E-state index contributed by atoms with van der Waals surface area (Å²) in [5, 5.41) is 0. The van der Waals surface area contributed by atoms with Crippen molar-refractivity contribution in [1.82, 2.24) is 0 Å². The maximum absolute atomic E-state index is 13.7. The van der Waals surface area contributed by atoms with Gasteiger partial charge in [0.2, 0.25) is 0 Å². The summed E-state index contributed by atoms with van der Waals surface area (Å²) in [5.74, 6) is -5.47. The molecule has 0 saturated carbocycles. The van der Waals surface area contributed by atoms with Crippen LogP contribution in [0.15, 0.2) is 0 Å². The molecular weight excluding hydrogens is 411 g/mol. The lowest BCUT2D eigenvalue weighted by atomic mass is 10.0. The predicted octanol–water partition coefficient (Wildman–Crippen LogP) is 0.609. The molecule has 6 atom stereocenters. The molecule has 1 saturated heterocycles. The zero-order valence-electron chi connectivity index (χ0n) is 17.0. The molecule has 0 radical (unpaired) electrons. The molecule has 0 aliphatic carbocycles. The van der Waals surface area contributed by atoms with Gasteiger partial charge < -0.3 is 28.2 Å². The Morgan fingerprint density at radius 2 is 1.07 bits per heavy atom. The summed E-state index contributed by atoms with van der Waals surface area (Å²) in [7, 11) is -3.69. The molecule has 12 heteroatoms. The maximum Gasteiger partial charge on any atom is 0.303 e. The summed E-state index contributed by atoms with van der Waals surface area (Å²) in [6.07, 6.45) is -4.34. The van der Waals surface area contributed by atoms with Gasteiger partial charge in [-0.25, -0.2) is 0 Å². The fourth-order valence-corrected chi connectivity index (χ4v) is 5.84. The Bertz CT molecular complexity index is 731. The van der Waals surface area contributed by atoms with Gasteiger partial charge in [0.25, 0.3) is 0 Å². The molecule has 1 heterocycles. The Balaban J connectivity index is 3.59. The van der Waals surface area contributed by atoms with Crippen LogP contribution in [0.4, 0.5) is 0 Å². The number of carbonyl (C=O) groups excluding carboxylic acids is 5. The second-order valence-electron chi connectivity index (χ2n) is 6.65. The molecule has 0 aromatic carbocycles. The first kappa shape index (κ1) is 24.6. The number of hydrogen-bond donors (Lipinski definition) is 0. The summed E-state index contributed by atoms with van der Waals surface area (Å²) in [6.45, 7) is 6.16. The molecular formula is C17H25O11P. The first-order chi connectivity index (χ1) is 13.3. The van der Waals surface area contributed by atoms with Crippen molar-refractivity contribution < 1.29 is 52.2 Å². The minimum Gasteiger partial charge on any atom is -0.465 e. The van der Waals surface area contributed by atoms with Gasteiger partial charge in [0.1, 0.15) is 13.7 Å². The van der Waals surface area contributed by atoms with Crippen molar-refractivity contribution >= 4 is 37.0 Å². The van der Waals surface area contributed by atoms with Crippen molar-refractivity contribution in [3.63, 3.8) is 0 Å². The third-order valence-electron chi connectivity index (χ3n) is 4.12. The smallest absolute Gasteiger partial charge is 0.303 e. The van der Waals surface area contributed by atoms with E-state index >= 15 is 0 Å². The van der Waals surface area contributed by atoms with Gasteiger partial charge in [-0.15, -0.1) is 0 Å². The summed E-state index contributed by atoms with van der Waals surface area (Å²) < 4.78 is 39.4. The lowest BCUT2D eigenvalue weighted by Gasteiger charge is -2.47. The van der Waals surface area contributed by atoms with E-state index < -0.39 is 73.4 Å². The minimum atomic E-state index is -3.69. The topological polar surface area (TPSA) is 149 Å². The van der Waals surface area contributed by atoms with E-state index in [4.69, 9.17) is 23.7 Å². The lowest BCUT2D eigenvalue weighted by Crippen LogP contribution is -2.61. The van der Waals surface area contributed by atoms with Gasteiger partial charge in [-0.3, -0.25) is 24.0 Å². The second-order valence-corrected chi connectivity index (χ2v) is 9.94. The maximum atomic E-state index is 13.7. The van der Waals surface area contributed by atoms with Crippen LogP contribution in [0.2, 0.25) is 0 Å². The molecule has 0 aromatic rings. The number of ether oxygens (including phenoxy) is 5. The van der Waals surface area contributed by atoms with Gasteiger partial charge in [-0.05, 0) is 6.66 Å². The van der Waals surface area contributed by atoms with Crippen LogP contribution in [0.3, 0.4) is 0 Å². The number of rotatable bonds is 6. The summed E-state index contributed by atoms with van der Waals surface area (Å²) in [4.78, 5) is 57.9. The highest BCUT2D eigenvalue weighted by molar-refractivity contribution is 7.64. The Morgan fingerprint density at radius 3 is 1.48 bits per heavy atom. The molecule has 0 spiro atoms. The molecule has 0 unspecified atom stereocenters. The average Bonchev–Trinajstić information content (AvgIpc) is 2.52. The largest absolute Gasteiger partial charge is 0.465 e. The Hall–Kier alpha value is -2.42. The van der Waals surface area contributed by atoms with E-state index in [-0.39, 0.29) is 0 Å². The summed E-state index contributed by atoms with van der Waals surface area (Å²) in [5.41, 5.74) is -1.18. The molecule has 1 aliphatic rings. The number of hydrogen-bond acceptors (Lipinski definition) is 11. The van der Waals surface area contributed by atoms with Crippen molar-refractivity contribution in [3.8, 4) is 0 Å². The first-order valence-corrected chi connectivity index (χ1v) is 11.0. The normalized spacial score (nSPS) is 31.2. The second kappa shape index (κ2) is 9.87. The Morgan fingerprint density at radius 1 is 0.655 bits per heavy atom. The van der Waals surface area contributed by atoms with Crippen molar-refractivity contribution in [2.75, 3.05) is 13.3 Å². The fourth-order valence-electron chi connectivity index (χ4n) is 3.11. The first-order valence-electron chi connectivity index (χ1n) is 8.66. The van der Waals surface area contributed by atoms with E-state index in [9.17, 15) is 28.5 Å². The molecule has 0 bridgehead atoms. The van der Waals surface area contributed by atoms with E-state index in [1.165, 1.54) is 6.66 Å². The van der Waals surface area contributed by atoms with Gasteiger partial charge in [0.15, 0.2) is 24.2 Å². The molecule has 0 aromatic heterocycles. The molecule has 1 fully saturated rings. The highest BCUT2D eigenvalue weighted by atomic mass is 31.2. The molecule has 1 aliphatic heterocycles. The van der Waals surface area contributed by atoms with E-state index in [2.05, 4.69) is 0 Å². The molecule has 1 rings (SSSR count). The van der Waals surface area contributed by atoms with Crippen molar-refractivity contribution in [2.24, 2.45) is 0 Å². The third kappa shape index (κ3) is 6.56. The molecule has 0 amide bonds. The lowest BCUT2D eigenvalue weighted by molar-refractivity contribution is -0.197. The van der Waals surface area contributed by atoms with Gasteiger partial charge in [0, 0.05) is 34.6 Å². The van der Waals surface area contributed by atoms with Crippen LogP contribution in [-0.2, 0) is 52.2 Å². The summed E-state index contributed by atoms with van der Waals surface area (Å²) in [6, 6.07) is 0. The van der Waals surface area contributed by atoms with Crippen LogP contribution in [0.1, 0.15) is 34.6 Å². The van der Waals surface area contributed by atoms with E-state index in [1.807, 2.05) is 0 Å². The number of carbonyl (C=O) groups is 5. The predicted molar refractivity (Wildman–Crippen MR) is 96.2 cm³/mol. The SMILES string of the molecule is CC(=O)OC[C@H]1[C@@H](OC(C)=O)[C@H](OC(C)=O)[C@H](OC(C)=O)[C@@H](OC(C)=O)[P@]1(C)=O. The molecule has 0 N–H and O–H groups in total.